The fourth-order valence-corrected chi connectivity index (χ4v) is 12.0. The Morgan fingerprint density at radius 2 is 0.684 bits per heavy atom. The van der Waals surface area contributed by atoms with E-state index in [4.69, 9.17) is 0 Å². The lowest BCUT2D eigenvalue weighted by molar-refractivity contribution is -0.137. The van der Waals surface area contributed by atoms with Gasteiger partial charge in [-0.2, -0.15) is 18.4 Å². The number of benzene rings is 10. The number of hydrogen-bond donors (Lipinski definition) is 0. The van der Waals surface area contributed by atoms with Gasteiger partial charge in [-0.05, 0) is 201 Å². The number of nitrogens with zero attached hydrogens (tertiary/aromatic N) is 3. The fourth-order valence-electron chi connectivity index (χ4n) is 12.0. The summed E-state index contributed by atoms with van der Waals surface area (Å²) in [7, 11) is 0. The van der Waals surface area contributed by atoms with Crippen LogP contribution >= 0.6 is 0 Å². The Morgan fingerprint density at radius 3 is 0.974 bits per heavy atom. The third kappa shape index (κ3) is 8.15. The molecule has 0 bridgehead atoms. The maximum Gasteiger partial charge on any atom is 0.416 e. The van der Waals surface area contributed by atoms with Crippen LogP contribution < -0.4 is 0 Å². The molecule has 0 saturated heterocycles. The molecule has 0 amide bonds. The predicted molar refractivity (Wildman–Crippen MR) is 310 cm³/mol. The Morgan fingerprint density at radius 1 is 0.355 bits per heavy atom. The standard InChI is InChI=1S/C70H54F3N3/c1-40-12-20-55(44(5)28-40)49-16-24-63-59(35-49)60-36-50(56-21-13-41(2)29-45(56)6)17-25-64(60)75(63)67-32-48(39-74)33-68(69(67)53-10-9-11-54(34-53)70(71,72)73)76-65-26-18-51(57-22-14-42(3)30-46(57)7)37-61(65)62-38-52(19-27-66(62)76)58-23-15-43(4)31-47(58)8/h9-38H,1-8H3. The number of fused-ring (bicyclic) bond motifs is 6. The Labute approximate surface area is 441 Å². The number of nitriles is 1. The van der Waals surface area contributed by atoms with E-state index in [1.54, 1.807) is 6.07 Å². The van der Waals surface area contributed by atoms with Gasteiger partial charge in [0.1, 0.15) is 0 Å². The maximum absolute atomic E-state index is 15.0. The molecule has 2 aromatic heterocycles. The van der Waals surface area contributed by atoms with E-state index in [0.29, 0.717) is 28.1 Å². The molecule has 0 aliphatic carbocycles. The van der Waals surface area contributed by atoms with Gasteiger partial charge >= 0.3 is 6.18 Å². The molecule has 370 valence electrons. The highest BCUT2D eigenvalue weighted by Crippen LogP contribution is 2.47. The number of alkyl halides is 3. The summed E-state index contributed by atoms with van der Waals surface area (Å²) in [5, 5.41) is 15.1. The van der Waals surface area contributed by atoms with Gasteiger partial charge in [-0.25, -0.2) is 0 Å². The first-order chi connectivity index (χ1) is 36.5. The van der Waals surface area contributed by atoms with Crippen molar-refractivity contribution in [3.05, 3.63) is 238 Å². The maximum atomic E-state index is 15.0. The SMILES string of the molecule is Cc1ccc(-c2ccc3c(c2)c2cc(-c4ccc(C)cc4C)ccc2n3-c2cc(C#N)cc(-n3c4ccc(-c5ccc(C)cc5C)cc4c4cc(-c5ccc(C)cc5C)ccc43)c2-c2cccc(C(F)(F)F)c2)c(C)c1. The van der Waals surface area contributed by atoms with E-state index in [0.717, 1.165) is 116 Å². The molecule has 0 saturated carbocycles. The van der Waals surface area contributed by atoms with Gasteiger partial charge in [0, 0.05) is 27.1 Å². The fraction of sp³-hybridized carbons (Fsp3) is 0.129. The van der Waals surface area contributed by atoms with E-state index < -0.39 is 11.7 Å². The molecular formula is C70H54F3N3. The van der Waals surface area contributed by atoms with Crippen molar-refractivity contribution >= 4 is 43.6 Å². The number of hydrogen-bond acceptors (Lipinski definition) is 1. The van der Waals surface area contributed by atoms with Crippen LogP contribution in [0.4, 0.5) is 13.2 Å². The first-order valence-corrected chi connectivity index (χ1v) is 25.8. The molecule has 0 aliphatic heterocycles. The van der Waals surface area contributed by atoms with Gasteiger partial charge in [0.2, 0.25) is 0 Å². The van der Waals surface area contributed by atoms with Crippen LogP contribution in [-0.2, 0) is 6.18 Å². The van der Waals surface area contributed by atoms with Crippen molar-refractivity contribution in [3.63, 3.8) is 0 Å². The molecule has 10 aromatic carbocycles. The molecule has 0 aliphatic rings. The zero-order valence-electron chi connectivity index (χ0n) is 43.8. The van der Waals surface area contributed by atoms with E-state index in [-0.39, 0.29) is 0 Å². The quantitative estimate of drug-likeness (QED) is 0.157. The summed E-state index contributed by atoms with van der Waals surface area (Å²) >= 11 is 0. The van der Waals surface area contributed by atoms with E-state index in [9.17, 15) is 5.26 Å². The third-order valence-electron chi connectivity index (χ3n) is 15.5. The molecule has 0 atom stereocenters. The summed E-state index contributed by atoms with van der Waals surface area (Å²) in [4.78, 5) is 0. The van der Waals surface area contributed by atoms with E-state index in [2.05, 4.69) is 216 Å². The molecule has 3 nitrogen and oxygen atoms in total. The first-order valence-electron chi connectivity index (χ1n) is 25.8. The van der Waals surface area contributed by atoms with Gasteiger partial charge in [0.25, 0.3) is 0 Å². The van der Waals surface area contributed by atoms with Crippen LogP contribution in [0.1, 0.15) is 55.6 Å². The number of aryl methyl sites for hydroxylation is 8. The summed E-state index contributed by atoms with van der Waals surface area (Å²) in [6, 6.07) is 63.8. The molecule has 0 N–H and O–H groups in total. The minimum atomic E-state index is -4.62. The van der Waals surface area contributed by atoms with Gasteiger partial charge in [-0.1, -0.05) is 131 Å². The molecule has 0 radical (unpaired) electrons. The molecule has 6 heteroatoms. The van der Waals surface area contributed by atoms with Crippen molar-refractivity contribution in [2.24, 2.45) is 0 Å². The van der Waals surface area contributed by atoms with Crippen LogP contribution in [0, 0.1) is 66.7 Å². The topological polar surface area (TPSA) is 33.6 Å². The van der Waals surface area contributed by atoms with Gasteiger partial charge in [-0.3, -0.25) is 0 Å². The Balaban J connectivity index is 1.21. The van der Waals surface area contributed by atoms with Crippen molar-refractivity contribution in [1.29, 1.82) is 5.26 Å². The lowest BCUT2D eigenvalue weighted by Gasteiger charge is -2.22. The molecule has 0 spiro atoms. The molecule has 2 heterocycles. The van der Waals surface area contributed by atoms with Crippen LogP contribution in [0.5, 0.6) is 0 Å². The zero-order valence-corrected chi connectivity index (χ0v) is 43.8. The minimum absolute atomic E-state index is 0.364. The first kappa shape index (κ1) is 48.0. The highest BCUT2D eigenvalue weighted by molar-refractivity contribution is 6.14. The normalized spacial score (nSPS) is 11.9. The van der Waals surface area contributed by atoms with Crippen LogP contribution in [0.25, 0.3) is 111 Å². The lowest BCUT2D eigenvalue weighted by Crippen LogP contribution is -2.07. The predicted octanol–water partition coefficient (Wildman–Crippen LogP) is 19.6. The second-order valence-electron chi connectivity index (χ2n) is 21.0. The molecule has 12 rings (SSSR count). The van der Waals surface area contributed by atoms with Crippen LogP contribution in [-0.4, -0.2) is 9.13 Å². The molecule has 76 heavy (non-hydrogen) atoms. The largest absolute Gasteiger partial charge is 0.416 e. The smallest absolute Gasteiger partial charge is 0.308 e. The summed E-state index contributed by atoms with van der Waals surface area (Å²) in [5.41, 5.74) is 23.1. The van der Waals surface area contributed by atoms with Crippen molar-refractivity contribution in [2.45, 2.75) is 61.6 Å². The zero-order chi connectivity index (χ0) is 52.9. The second-order valence-corrected chi connectivity index (χ2v) is 21.0. The second kappa shape index (κ2) is 18.2. The monoisotopic (exact) mass is 993 g/mol. The van der Waals surface area contributed by atoms with Crippen LogP contribution in [0.15, 0.2) is 182 Å². The van der Waals surface area contributed by atoms with Crippen LogP contribution in [0.2, 0.25) is 0 Å². The van der Waals surface area contributed by atoms with E-state index in [1.165, 1.54) is 34.4 Å². The van der Waals surface area contributed by atoms with E-state index in [1.807, 2.05) is 12.1 Å². The summed E-state index contributed by atoms with van der Waals surface area (Å²) < 4.78 is 49.4. The van der Waals surface area contributed by atoms with Gasteiger partial charge in [-0.15, -0.1) is 0 Å². The van der Waals surface area contributed by atoms with E-state index >= 15 is 13.2 Å². The minimum Gasteiger partial charge on any atom is -0.308 e. The highest BCUT2D eigenvalue weighted by atomic mass is 19.4. The molecular weight excluding hydrogens is 940 g/mol. The lowest BCUT2D eigenvalue weighted by atomic mass is 9.95. The number of aromatic nitrogens is 2. The number of halogens is 3. The van der Waals surface area contributed by atoms with Crippen molar-refractivity contribution < 1.29 is 13.2 Å². The van der Waals surface area contributed by atoms with Crippen molar-refractivity contribution in [3.8, 4) is 73.1 Å². The summed E-state index contributed by atoms with van der Waals surface area (Å²) in [5.74, 6) is 0. The third-order valence-corrected chi connectivity index (χ3v) is 15.5. The average Bonchev–Trinajstić information content (AvgIpc) is 4.10. The summed E-state index contributed by atoms with van der Waals surface area (Å²) in [6.45, 7) is 16.9. The average molecular weight is 994 g/mol. The van der Waals surface area contributed by atoms with Gasteiger partial charge in [0.05, 0.1) is 50.6 Å². The Kier molecular flexibility index (Phi) is 11.5. The van der Waals surface area contributed by atoms with Crippen LogP contribution in [0.3, 0.4) is 0 Å². The summed E-state index contributed by atoms with van der Waals surface area (Å²) in [6.07, 6.45) is -4.62. The van der Waals surface area contributed by atoms with Gasteiger partial charge < -0.3 is 9.13 Å². The molecule has 12 aromatic rings. The van der Waals surface area contributed by atoms with Crippen molar-refractivity contribution in [1.82, 2.24) is 9.13 Å². The van der Waals surface area contributed by atoms with Gasteiger partial charge in [0.15, 0.2) is 0 Å². The molecule has 0 unspecified atom stereocenters. The van der Waals surface area contributed by atoms with Crippen molar-refractivity contribution in [2.75, 3.05) is 0 Å². The number of rotatable bonds is 7. The Bertz CT molecular complexity index is 3980. The Hall–Kier alpha value is -8.92. The molecule has 0 fully saturated rings. The highest BCUT2D eigenvalue weighted by Gasteiger charge is 2.32.